The number of allylic oxidation sites excluding steroid dienone is 1. The zero-order valence-electron chi connectivity index (χ0n) is 14.8. The smallest absolute Gasteiger partial charge is 0.132 e. The maximum atomic E-state index is 10.4. The molecule has 0 unspecified atom stereocenters. The largest absolute Gasteiger partial charge is 0.484 e. The van der Waals surface area contributed by atoms with Crippen LogP contribution in [0.5, 0.6) is 0 Å². The highest BCUT2D eigenvalue weighted by molar-refractivity contribution is 5.76. The van der Waals surface area contributed by atoms with Crippen LogP contribution in [-0.4, -0.2) is 16.3 Å². The van der Waals surface area contributed by atoms with Crippen LogP contribution in [0.1, 0.15) is 52.7 Å². The van der Waals surface area contributed by atoms with E-state index in [4.69, 9.17) is 10.00 Å². The molecule has 23 heavy (non-hydrogen) atoms. The standard InChI is InChI=1S/C20H25NO2/c1-13(16-10-8-7-9-15(16)11-12-21)17-14(2)18(19(3,4)22)23-20(17,5)6/h7-10,22H,11H2,1-6H3/b17-13+. The number of nitrogens with zero attached hydrogens (tertiary/aromatic N) is 1. The monoisotopic (exact) mass is 311 g/mol. The van der Waals surface area contributed by atoms with E-state index in [9.17, 15) is 5.11 Å². The Morgan fingerprint density at radius 3 is 2.43 bits per heavy atom. The highest BCUT2D eigenvalue weighted by atomic mass is 16.5. The van der Waals surface area contributed by atoms with E-state index in [0.717, 1.165) is 27.8 Å². The Morgan fingerprint density at radius 2 is 1.91 bits per heavy atom. The first-order chi connectivity index (χ1) is 10.6. The fourth-order valence-corrected chi connectivity index (χ4v) is 3.52. The second kappa shape index (κ2) is 5.86. The van der Waals surface area contributed by atoms with Gasteiger partial charge < -0.3 is 9.84 Å². The van der Waals surface area contributed by atoms with Crippen molar-refractivity contribution in [1.29, 1.82) is 5.26 Å². The first kappa shape index (κ1) is 17.3. The fraction of sp³-hybridized carbons (Fsp3) is 0.450. The average molecular weight is 311 g/mol. The summed E-state index contributed by atoms with van der Waals surface area (Å²) < 4.78 is 6.09. The van der Waals surface area contributed by atoms with Crippen LogP contribution in [0, 0.1) is 11.3 Å². The van der Waals surface area contributed by atoms with Gasteiger partial charge >= 0.3 is 0 Å². The molecule has 0 radical (unpaired) electrons. The molecular weight excluding hydrogens is 286 g/mol. The summed E-state index contributed by atoms with van der Waals surface area (Å²) in [5, 5.41) is 19.4. The van der Waals surface area contributed by atoms with Gasteiger partial charge in [0.2, 0.25) is 0 Å². The molecule has 0 aromatic heterocycles. The first-order valence-corrected chi connectivity index (χ1v) is 7.89. The van der Waals surface area contributed by atoms with Crippen molar-refractivity contribution in [3.05, 3.63) is 52.3 Å². The topological polar surface area (TPSA) is 53.2 Å². The van der Waals surface area contributed by atoms with Gasteiger partial charge in [-0.05, 0) is 63.8 Å². The summed E-state index contributed by atoms with van der Waals surface area (Å²) in [6.45, 7) is 11.6. The van der Waals surface area contributed by atoms with Crippen LogP contribution in [0.15, 0.2) is 41.2 Å². The molecule has 0 aliphatic carbocycles. The molecule has 0 saturated heterocycles. The van der Waals surface area contributed by atoms with Gasteiger partial charge in [0, 0.05) is 5.57 Å². The van der Waals surface area contributed by atoms with Crippen molar-refractivity contribution < 1.29 is 9.84 Å². The third kappa shape index (κ3) is 3.18. The van der Waals surface area contributed by atoms with Crippen LogP contribution in [0.2, 0.25) is 0 Å². The highest BCUT2D eigenvalue weighted by Gasteiger charge is 2.42. The van der Waals surface area contributed by atoms with Crippen LogP contribution in [0.4, 0.5) is 0 Å². The second-order valence-corrected chi connectivity index (χ2v) is 7.12. The van der Waals surface area contributed by atoms with E-state index < -0.39 is 11.2 Å². The van der Waals surface area contributed by atoms with E-state index >= 15 is 0 Å². The minimum Gasteiger partial charge on any atom is -0.484 e. The third-order valence-electron chi connectivity index (χ3n) is 4.30. The van der Waals surface area contributed by atoms with E-state index in [-0.39, 0.29) is 0 Å². The summed E-state index contributed by atoms with van der Waals surface area (Å²) in [6.07, 6.45) is 0.378. The minimum absolute atomic E-state index is 0.378. The van der Waals surface area contributed by atoms with Gasteiger partial charge in [-0.2, -0.15) is 5.26 Å². The molecule has 3 heteroatoms. The number of ether oxygens (including phenoxy) is 1. The van der Waals surface area contributed by atoms with Gasteiger partial charge in [0.15, 0.2) is 0 Å². The van der Waals surface area contributed by atoms with Gasteiger partial charge in [-0.3, -0.25) is 0 Å². The van der Waals surface area contributed by atoms with Crippen molar-refractivity contribution in [2.75, 3.05) is 0 Å². The van der Waals surface area contributed by atoms with Gasteiger partial charge in [0.05, 0.1) is 12.5 Å². The molecule has 0 saturated carbocycles. The molecule has 1 N–H and O–H groups in total. The molecule has 1 aromatic carbocycles. The molecule has 122 valence electrons. The molecule has 1 aliphatic rings. The average Bonchev–Trinajstić information content (AvgIpc) is 2.69. The molecule has 3 nitrogen and oxygen atoms in total. The lowest BCUT2D eigenvalue weighted by Crippen LogP contribution is -2.28. The zero-order chi connectivity index (χ0) is 17.4. The number of hydrogen-bond donors (Lipinski definition) is 1. The third-order valence-corrected chi connectivity index (χ3v) is 4.30. The van der Waals surface area contributed by atoms with Crippen LogP contribution in [0.3, 0.4) is 0 Å². The predicted molar refractivity (Wildman–Crippen MR) is 92.5 cm³/mol. The molecule has 2 rings (SSSR count). The van der Waals surface area contributed by atoms with Crippen LogP contribution >= 0.6 is 0 Å². The maximum Gasteiger partial charge on any atom is 0.132 e. The van der Waals surface area contributed by atoms with E-state index in [1.807, 2.05) is 45.0 Å². The Hall–Kier alpha value is -2.05. The SMILES string of the molecule is CC1=C(C(C)(C)O)OC(C)(C)/C1=C(\C)c1ccccc1CC#N. The van der Waals surface area contributed by atoms with Gasteiger partial charge in [-0.25, -0.2) is 0 Å². The highest BCUT2D eigenvalue weighted by Crippen LogP contribution is 2.46. The molecule has 0 amide bonds. The molecule has 1 aliphatic heterocycles. The van der Waals surface area contributed by atoms with Crippen molar-refractivity contribution in [3.63, 3.8) is 0 Å². The Morgan fingerprint density at radius 1 is 1.30 bits per heavy atom. The molecular formula is C20H25NO2. The summed E-state index contributed by atoms with van der Waals surface area (Å²) in [7, 11) is 0. The van der Waals surface area contributed by atoms with Gasteiger partial charge in [0.1, 0.15) is 17.0 Å². The maximum absolute atomic E-state index is 10.4. The summed E-state index contributed by atoms with van der Waals surface area (Å²) in [4.78, 5) is 0. The molecule has 0 fully saturated rings. The number of rotatable bonds is 3. The van der Waals surface area contributed by atoms with Crippen LogP contribution in [0.25, 0.3) is 5.57 Å². The first-order valence-electron chi connectivity index (χ1n) is 7.89. The van der Waals surface area contributed by atoms with E-state index in [1.165, 1.54) is 0 Å². The normalized spacial score (nSPS) is 19.4. The Bertz CT molecular complexity index is 725. The Kier molecular flexibility index (Phi) is 4.41. The van der Waals surface area contributed by atoms with E-state index in [1.54, 1.807) is 13.8 Å². The lowest BCUT2D eigenvalue weighted by molar-refractivity contribution is -0.00155. The summed E-state index contributed by atoms with van der Waals surface area (Å²) in [6, 6.07) is 10.2. The van der Waals surface area contributed by atoms with Crippen LogP contribution < -0.4 is 0 Å². The van der Waals surface area contributed by atoms with Gasteiger partial charge in [0.25, 0.3) is 0 Å². The Balaban J connectivity index is 2.69. The number of benzene rings is 1. The van der Waals surface area contributed by atoms with Crippen molar-refractivity contribution in [3.8, 4) is 6.07 Å². The van der Waals surface area contributed by atoms with E-state index in [2.05, 4.69) is 13.0 Å². The summed E-state index contributed by atoms with van der Waals surface area (Å²) in [5.41, 5.74) is 3.71. The van der Waals surface area contributed by atoms with Gasteiger partial charge in [-0.15, -0.1) is 0 Å². The van der Waals surface area contributed by atoms with Crippen LogP contribution in [-0.2, 0) is 11.2 Å². The second-order valence-electron chi connectivity index (χ2n) is 7.12. The fourth-order valence-electron chi connectivity index (χ4n) is 3.52. The zero-order valence-corrected chi connectivity index (χ0v) is 14.8. The molecule has 0 spiro atoms. The number of aliphatic hydroxyl groups is 1. The summed E-state index contributed by atoms with van der Waals surface area (Å²) >= 11 is 0. The molecule has 0 atom stereocenters. The molecule has 0 bridgehead atoms. The number of nitriles is 1. The predicted octanol–water partition coefficient (Wildman–Crippen LogP) is 4.38. The van der Waals surface area contributed by atoms with Gasteiger partial charge in [-0.1, -0.05) is 24.3 Å². The Labute approximate surface area is 138 Å². The molecule has 1 aromatic rings. The van der Waals surface area contributed by atoms with Crippen molar-refractivity contribution >= 4 is 5.57 Å². The lowest BCUT2D eigenvalue weighted by atomic mass is 9.84. The van der Waals surface area contributed by atoms with E-state index in [0.29, 0.717) is 12.2 Å². The van der Waals surface area contributed by atoms with Crippen molar-refractivity contribution in [1.82, 2.24) is 0 Å². The number of hydrogen-bond acceptors (Lipinski definition) is 3. The van der Waals surface area contributed by atoms with Crippen molar-refractivity contribution in [2.45, 2.75) is 59.2 Å². The molecule has 1 heterocycles. The lowest BCUT2D eigenvalue weighted by Gasteiger charge is -2.27. The summed E-state index contributed by atoms with van der Waals surface area (Å²) in [5.74, 6) is 0.620. The van der Waals surface area contributed by atoms with Crippen molar-refractivity contribution in [2.24, 2.45) is 0 Å². The minimum atomic E-state index is -1.02. The quantitative estimate of drug-likeness (QED) is 0.901.